The highest BCUT2D eigenvalue weighted by Crippen LogP contribution is 2.31. The molecule has 0 fully saturated rings. The summed E-state index contributed by atoms with van der Waals surface area (Å²) in [6.07, 6.45) is 3.54. The number of carbonyl (C=O) groups excluding carboxylic acids is 1. The van der Waals surface area contributed by atoms with Crippen molar-refractivity contribution in [1.82, 2.24) is 5.32 Å². The van der Waals surface area contributed by atoms with E-state index in [4.69, 9.17) is 4.42 Å². The van der Waals surface area contributed by atoms with E-state index in [0.29, 0.717) is 5.76 Å². The minimum absolute atomic E-state index is 0.109. The molecular formula is C15H15NO2. The quantitative estimate of drug-likeness (QED) is 0.878. The molecule has 1 aliphatic rings. The summed E-state index contributed by atoms with van der Waals surface area (Å²) in [5.74, 6) is 0.290. The van der Waals surface area contributed by atoms with Gasteiger partial charge in [-0.25, -0.2) is 0 Å². The lowest BCUT2D eigenvalue weighted by Crippen LogP contribution is -2.27. The van der Waals surface area contributed by atoms with Gasteiger partial charge >= 0.3 is 0 Å². The minimum atomic E-state index is -0.126. The number of carbonyl (C=O) groups is 1. The van der Waals surface area contributed by atoms with Crippen LogP contribution >= 0.6 is 0 Å². The van der Waals surface area contributed by atoms with Crippen LogP contribution in [0.15, 0.2) is 41.0 Å². The second kappa shape index (κ2) is 4.33. The van der Waals surface area contributed by atoms with Crippen LogP contribution < -0.4 is 5.32 Å². The van der Waals surface area contributed by atoms with Gasteiger partial charge in [-0.3, -0.25) is 4.79 Å². The molecule has 18 heavy (non-hydrogen) atoms. The van der Waals surface area contributed by atoms with Crippen LogP contribution in [0.3, 0.4) is 0 Å². The summed E-state index contributed by atoms with van der Waals surface area (Å²) in [7, 11) is 0. The van der Waals surface area contributed by atoms with Gasteiger partial charge in [0.05, 0.1) is 12.3 Å². The fraction of sp³-hybridized carbons (Fsp3) is 0.267. The molecular weight excluding hydrogens is 226 g/mol. The molecule has 1 aromatic carbocycles. The van der Waals surface area contributed by atoms with Crippen molar-refractivity contribution in [2.24, 2.45) is 0 Å². The lowest BCUT2D eigenvalue weighted by molar-refractivity contribution is 0.0908. The molecule has 1 aliphatic carbocycles. The Morgan fingerprint density at radius 2 is 2.17 bits per heavy atom. The van der Waals surface area contributed by atoms with E-state index < -0.39 is 0 Å². The largest absolute Gasteiger partial charge is 0.459 e. The first-order chi connectivity index (χ1) is 8.75. The van der Waals surface area contributed by atoms with Crippen LogP contribution in [-0.4, -0.2) is 5.91 Å². The Morgan fingerprint density at radius 3 is 2.94 bits per heavy atom. The third-order valence-corrected chi connectivity index (χ3v) is 3.51. The minimum Gasteiger partial charge on any atom is -0.459 e. The van der Waals surface area contributed by atoms with E-state index in [-0.39, 0.29) is 11.9 Å². The normalized spacial score (nSPS) is 17.5. The summed E-state index contributed by atoms with van der Waals surface area (Å²) < 4.78 is 5.21. The Kier molecular flexibility index (Phi) is 2.67. The highest BCUT2D eigenvalue weighted by molar-refractivity contribution is 5.93. The van der Waals surface area contributed by atoms with Crippen molar-refractivity contribution in [3.05, 3.63) is 59.0 Å². The molecule has 0 radical (unpaired) electrons. The number of benzene rings is 1. The van der Waals surface area contributed by atoms with Gasteiger partial charge in [0, 0.05) is 5.56 Å². The first kappa shape index (κ1) is 11.1. The van der Waals surface area contributed by atoms with E-state index in [9.17, 15) is 4.79 Å². The molecule has 0 saturated carbocycles. The van der Waals surface area contributed by atoms with Crippen LogP contribution in [0.5, 0.6) is 0 Å². The Morgan fingerprint density at radius 1 is 1.33 bits per heavy atom. The summed E-state index contributed by atoms with van der Waals surface area (Å²) in [4.78, 5) is 12.1. The highest BCUT2D eigenvalue weighted by atomic mass is 16.3. The zero-order chi connectivity index (χ0) is 12.5. The number of aryl methyl sites for hydroxylation is 2. The van der Waals surface area contributed by atoms with Crippen molar-refractivity contribution < 1.29 is 9.21 Å². The van der Waals surface area contributed by atoms with E-state index >= 15 is 0 Å². The molecule has 0 aliphatic heterocycles. The van der Waals surface area contributed by atoms with E-state index in [1.165, 1.54) is 11.1 Å². The summed E-state index contributed by atoms with van der Waals surface area (Å²) in [5.41, 5.74) is 3.44. The molecule has 1 heterocycles. The van der Waals surface area contributed by atoms with Crippen LogP contribution in [0, 0.1) is 6.92 Å². The Bertz CT molecular complexity index is 586. The number of fused-ring (bicyclic) bond motifs is 1. The zero-order valence-corrected chi connectivity index (χ0v) is 10.3. The standard InChI is InChI=1S/C15H15NO2/c1-10-8-9-18-14(10)15(17)16-13-7-6-11-4-2-3-5-12(11)13/h2-5,8-9,13H,6-7H2,1H3,(H,16,17). The highest BCUT2D eigenvalue weighted by Gasteiger charge is 2.25. The molecule has 92 valence electrons. The molecule has 2 aromatic rings. The van der Waals surface area contributed by atoms with Crippen molar-refractivity contribution in [2.45, 2.75) is 25.8 Å². The Labute approximate surface area is 106 Å². The van der Waals surface area contributed by atoms with Crippen LogP contribution in [0.1, 0.15) is 39.7 Å². The number of rotatable bonds is 2. The molecule has 1 N–H and O–H groups in total. The van der Waals surface area contributed by atoms with Gasteiger partial charge in [-0.2, -0.15) is 0 Å². The van der Waals surface area contributed by atoms with Crippen molar-refractivity contribution in [3.63, 3.8) is 0 Å². The molecule has 0 bridgehead atoms. The van der Waals surface area contributed by atoms with Gasteiger partial charge in [0.15, 0.2) is 5.76 Å². The fourth-order valence-corrected chi connectivity index (χ4v) is 2.54. The first-order valence-electron chi connectivity index (χ1n) is 6.18. The molecule has 0 spiro atoms. The number of furan rings is 1. The van der Waals surface area contributed by atoms with E-state index in [1.54, 1.807) is 12.3 Å². The summed E-state index contributed by atoms with van der Waals surface area (Å²) in [6.45, 7) is 1.88. The van der Waals surface area contributed by atoms with Gasteiger partial charge in [-0.15, -0.1) is 0 Å². The topological polar surface area (TPSA) is 42.2 Å². The predicted octanol–water partition coefficient (Wildman–Crippen LogP) is 3.01. The average Bonchev–Trinajstić information content (AvgIpc) is 2.97. The maximum absolute atomic E-state index is 12.1. The van der Waals surface area contributed by atoms with E-state index in [1.807, 2.05) is 19.1 Å². The van der Waals surface area contributed by atoms with Gasteiger partial charge in [0.2, 0.25) is 0 Å². The van der Waals surface area contributed by atoms with E-state index in [0.717, 1.165) is 18.4 Å². The molecule has 1 aromatic heterocycles. The summed E-state index contributed by atoms with van der Waals surface area (Å²) >= 11 is 0. The number of nitrogens with one attached hydrogen (secondary N) is 1. The SMILES string of the molecule is Cc1ccoc1C(=O)NC1CCc2ccccc21. The molecule has 1 amide bonds. The van der Waals surface area contributed by atoms with Crippen molar-refractivity contribution in [1.29, 1.82) is 0 Å². The lowest BCUT2D eigenvalue weighted by atomic mass is 10.1. The van der Waals surface area contributed by atoms with Gasteiger partial charge in [-0.1, -0.05) is 24.3 Å². The molecule has 1 atom stereocenters. The third kappa shape index (κ3) is 1.82. The Hall–Kier alpha value is -2.03. The molecule has 0 saturated heterocycles. The van der Waals surface area contributed by atoms with Crippen LogP contribution in [0.2, 0.25) is 0 Å². The maximum Gasteiger partial charge on any atom is 0.287 e. The number of hydrogen-bond acceptors (Lipinski definition) is 2. The summed E-state index contributed by atoms with van der Waals surface area (Å²) in [5, 5.41) is 3.05. The number of hydrogen-bond donors (Lipinski definition) is 1. The Balaban J connectivity index is 1.79. The zero-order valence-electron chi connectivity index (χ0n) is 10.3. The maximum atomic E-state index is 12.1. The van der Waals surface area contributed by atoms with Gasteiger partial charge in [-0.05, 0) is 37.0 Å². The number of amides is 1. The van der Waals surface area contributed by atoms with Crippen LogP contribution in [0.25, 0.3) is 0 Å². The smallest absolute Gasteiger partial charge is 0.287 e. The van der Waals surface area contributed by atoms with Crippen LogP contribution in [0.4, 0.5) is 0 Å². The molecule has 3 rings (SSSR count). The fourth-order valence-electron chi connectivity index (χ4n) is 2.54. The molecule has 3 nitrogen and oxygen atoms in total. The first-order valence-corrected chi connectivity index (χ1v) is 6.18. The van der Waals surface area contributed by atoms with Crippen molar-refractivity contribution >= 4 is 5.91 Å². The lowest BCUT2D eigenvalue weighted by Gasteiger charge is -2.13. The second-order valence-corrected chi connectivity index (χ2v) is 4.70. The summed E-state index contributed by atoms with van der Waals surface area (Å²) in [6, 6.07) is 10.2. The van der Waals surface area contributed by atoms with Gasteiger partial charge in [0.25, 0.3) is 5.91 Å². The molecule has 1 unspecified atom stereocenters. The van der Waals surface area contributed by atoms with Gasteiger partial charge < -0.3 is 9.73 Å². The third-order valence-electron chi connectivity index (χ3n) is 3.51. The van der Waals surface area contributed by atoms with Crippen molar-refractivity contribution in [2.75, 3.05) is 0 Å². The average molecular weight is 241 g/mol. The molecule has 3 heteroatoms. The predicted molar refractivity (Wildman–Crippen MR) is 68.4 cm³/mol. The van der Waals surface area contributed by atoms with Gasteiger partial charge in [0.1, 0.15) is 0 Å². The van der Waals surface area contributed by atoms with E-state index in [2.05, 4.69) is 17.4 Å². The second-order valence-electron chi connectivity index (χ2n) is 4.70. The monoisotopic (exact) mass is 241 g/mol. The van der Waals surface area contributed by atoms with Crippen molar-refractivity contribution in [3.8, 4) is 0 Å². The van der Waals surface area contributed by atoms with Crippen LogP contribution in [-0.2, 0) is 6.42 Å².